The van der Waals surface area contributed by atoms with Crippen LogP contribution < -0.4 is 45.2 Å². The van der Waals surface area contributed by atoms with Gasteiger partial charge in [0.1, 0.15) is 11.5 Å². The molecule has 13 heteroatoms. The maximum atomic E-state index is 9.90. The number of hydrogen-bond donors (Lipinski definition) is 4. The lowest BCUT2D eigenvalue weighted by molar-refractivity contribution is -0.509. The zero-order chi connectivity index (χ0) is 47.2. The van der Waals surface area contributed by atoms with E-state index < -0.39 is 0 Å². The number of nitrogens with zero attached hydrogens (tertiary/aromatic N) is 2. The van der Waals surface area contributed by atoms with Crippen LogP contribution in [0.4, 0.5) is 0 Å². The van der Waals surface area contributed by atoms with Gasteiger partial charge in [-0.25, -0.2) is 0 Å². The summed E-state index contributed by atoms with van der Waals surface area (Å²) in [5.41, 5.74) is 9.09. The number of fused-ring (bicyclic) bond motifs is 5. The highest BCUT2D eigenvalue weighted by Crippen LogP contribution is 2.46. The molecular formula is C55H53ClN2O10. The van der Waals surface area contributed by atoms with Gasteiger partial charge < -0.3 is 61.3 Å². The average molecular weight is 937 g/mol. The first-order valence-electron chi connectivity index (χ1n) is 21.6. The molecule has 12 nitrogen and oxygen atoms in total. The van der Waals surface area contributed by atoms with Crippen molar-refractivity contribution >= 4 is 37.8 Å². The number of methoxy groups -OCH3 is 6. The molecule has 0 radical (unpaired) electrons. The predicted molar refractivity (Wildman–Crippen MR) is 259 cm³/mol. The van der Waals surface area contributed by atoms with Crippen molar-refractivity contribution in [2.24, 2.45) is 0 Å². The summed E-state index contributed by atoms with van der Waals surface area (Å²) in [5, 5.41) is 44.8. The lowest BCUT2D eigenvalue weighted by Crippen LogP contribution is -3.00. The van der Waals surface area contributed by atoms with Crippen molar-refractivity contribution in [1.82, 2.24) is 4.98 Å². The van der Waals surface area contributed by atoms with Crippen LogP contribution in [0.5, 0.6) is 34.5 Å². The Bertz CT molecular complexity index is 3220. The van der Waals surface area contributed by atoms with Gasteiger partial charge in [-0.1, -0.05) is 66.7 Å². The van der Waals surface area contributed by atoms with Crippen molar-refractivity contribution in [2.45, 2.75) is 32.8 Å². The summed E-state index contributed by atoms with van der Waals surface area (Å²) in [6.45, 7) is -0.797. The molecule has 68 heavy (non-hydrogen) atoms. The van der Waals surface area contributed by atoms with Crippen LogP contribution in [0.15, 0.2) is 128 Å². The van der Waals surface area contributed by atoms with E-state index in [1.54, 1.807) is 48.9 Å². The fourth-order valence-electron chi connectivity index (χ4n) is 9.06. The van der Waals surface area contributed by atoms with E-state index in [-0.39, 0.29) is 38.8 Å². The molecule has 6 aromatic carbocycles. The number of ether oxygens (including phenoxy) is 6. The molecule has 0 fully saturated rings. The number of halogens is 1. The minimum Gasteiger partial charge on any atom is -1.00 e. The Morgan fingerprint density at radius 2 is 1.03 bits per heavy atom. The second kappa shape index (κ2) is 21.6. The highest BCUT2D eigenvalue weighted by Gasteiger charge is 2.24. The molecule has 0 amide bonds. The summed E-state index contributed by atoms with van der Waals surface area (Å²) in [6.07, 6.45) is 6.23. The number of benzene rings is 6. The normalized spacial score (nSPS) is 11.0. The van der Waals surface area contributed by atoms with Gasteiger partial charge in [0, 0.05) is 63.2 Å². The Labute approximate surface area is 400 Å². The number of pyridine rings is 3. The van der Waals surface area contributed by atoms with E-state index in [9.17, 15) is 20.4 Å². The molecule has 3 aromatic heterocycles. The highest BCUT2D eigenvalue weighted by atomic mass is 35.5. The van der Waals surface area contributed by atoms with Crippen LogP contribution in [0.1, 0.15) is 33.5 Å². The van der Waals surface area contributed by atoms with E-state index in [1.807, 2.05) is 108 Å². The summed E-state index contributed by atoms with van der Waals surface area (Å²) in [5.74, 6) is 3.79. The molecule has 0 unspecified atom stereocenters. The first-order valence-corrected chi connectivity index (χ1v) is 21.6. The van der Waals surface area contributed by atoms with Crippen LogP contribution in [-0.2, 0) is 32.8 Å². The van der Waals surface area contributed by atoms with E-state index in [4.69, 9.17) is 28.4 Å². The number of aliphatic hydroxyl groups is 4. The standard InChI is InChI=1S/C28H26NO5.C27H27NO5.ClH/c1-32-26-23-14-29-10-9-20-22(25(29)12-18(23)11-19(15-30)24(26)16-31)13-21(17-7-5-4-6-8-17)28(34-3)27(20)33-2;1-31-25-13-17(11-19(15-29)23(25)16-30)12-24-22-14-21(18-7-5-4-6-8-18)27(33-3)26(32-2)20(22)9-10-28-24;/h4-14,30-31H,15-16H2,1-3H3;4-11,13-14,29-30H,12,15-16H2,1-3H3;1H/q+1;;/p-1. The maximum absolute atomic E-state index is 9.90. The Morgan fingerprint density at radius 3 is 1.56 bits per heavy atom. The quantitative estimate of drug-likeness (QED) is 0.0585. The van der Waals surface area contributed by atoms with Gasteiger partial charge in [0.05, 0.1) is 85.6 Å². The zero-order valence-corrected chi connectivity index (χ0v) is 39.4. The van der Waals surface area contributed by atoms with Gasteiger partial charge in [-0.15, -0.1) is 0 Å². The second-order valence-electron chi connectivity index (χ2n) is 15.7. The van der Waals surface area contributed by atoms with Crippen LogP contribution in [-0.4, -0.2) is 68.1 Å². The summed E-state index contributed by atoms with van der Waals surface area (Å²) in [7, 11) is 9.72. The predicted octanol–water partition coefficient (Wildman–Crippen LogP) is 5.92. The molecule has 3 heterocycles. The first-order chi connectivity index (χ1) is 32.8. The fraction of sp³-hybridized carbons (Fsp3) is 0.200. The second-order valence-corrected chi connectivity index (χ2v) is 15.7. The molecule has 0 saturated carbocycles. The molecule has 9 rings (SSSR count). The Balaban J connectivity index is 0.000000199. The van der Waals surface area contributed by atoms with Crippen LogP contribution in [0.3, 0.4) is 0 Å². The van der Waals surface area contributed by atoms with Crippen LogP contribution >= 0.6 is 0 Å². The van der Waals surface area contributed by atoms with Gasteiger partial charge in [0.15, 0.2) is 35.4 Å². The molecular weight excluding hydrogens is 884 g/mol. The van der Waals surface area contributed by atoms with Crippen molar-refractivity contribution in [3.8, 4) is 56.8 Å². The molecule has 350 valence electrons. The molecule has 4 N–H and O–H groups in total. The third kappa shape index (κ3) is 9.00. The third-order valence-corrected chi connectivity index (χ3v) is 12.2. The van der Waals surface area contributed by atoms with Crippen molar-refractivity contribution < 1.29 is 65.7 Å². The smallest absolute Gasteiger partial charge is 0.219 e. The first kappa shape index (κ1) is 48.7. The molecule has 0 aliphatic heterocycles. The largest absolute Gasteiger partial charge is 1.00 e. The van der Waals surface area contributed by atoms with Crippen LogP contribution in [0.25, 0.3) is 60.1 Å². The van der Waals surface area contributed by atoms with Gasteiger partial charge in [0.25, 0.3) is 0 Å². The lowest BCUT2D eigenvalue weighted by Gasteiger charge is -2.18. The molecule has 0 saturated heterocycles. The molecule has 0 spiro atoms. The van der Waals surface area contributed by atoms with E-state index in [0.29, 0.717) is 63.2 Å². The molecule has 0 aliphatic rings. The molecule has 0 bridgehead atoms. The molecule has 0 atom stereocenters. The van der Waals surface area contributed by atoms with Gasteiger partial charge in [-0.2, -0.15) is 4.40 Å². The molecule has 9 aromatic rings. The summed E-state index contributed by atoms with van der Waals surface area (Å²) < 4.78 is 36.3. The molecule has 0 aliphatic carbocycles. The van der Waals surface area contributed by atoms with Crippen molar-refractivity contribution in [2.75, 3.05) is 42.7 Å². The number of aliphatic hydroxyl groups excluding tert-OH is 4. The highest BCUT2D eigenvalue weighted by molar-refractivity contribution is 6.05. The van der Waals surface area contributed by atoms with E-state index in [1.165, 1.54) is 0 Å². The Kier molecular flexibility index (Phi) is 15.5. The number of aromatic nitrogens is 2. The fourth-order valence-corrected chi connectivity index (χ4v) is 9.06. The summed E-state index contributed by atoms with van der Waals surface area (Å²) in [4.78, 5) is 4.67. The van der Waals surface area contributed by atoms with Gasteiger partial charge in [0.2, 0.25) is 5.52 Å². The minimum atomic E-state index is -0.215. The van der Waals surface area contributed by atoms with E-state index in [0.717, 1.165) is 71.3 Å². The topological polar surface area (TPSA) is 153 Å². The van der Waals surface area contributed by atoms with Crippen molar-refractivity contribution in [3.05, 3.63) is 161 Å². The van der Waals surface area contributed by atoms with E-state index >= 15 is 0 Å². The van der Waals surface area contributed by atoms with Crippen LogP contribution in [0, 0.1) is 0 Å². The monoisotopic (exact) mass is 936 g/mol. The van der Waals surface area contributed by atoms with E-state index in [2.05, 4.69) is 23.2 Å². The van der Waals surface area contributed by atoms with Gasteiger partial charge in [-0.3, -0.25) is 4.98 Å². The van der Waals surface area contributed by atoms with Gasteiger partial charge in [-0.05, 0) is 63.5 Å². The third-order valence-electron chi connectivity index (χ3n) is 12.2. The average Bonchev–Trinajstić information content (AvgIpc) is 3.38. The maximum Gasteiger partial charge on any atom is 0.219 e. The minimum absolute atomic E-state index is 0. The van der Waals surface area contributed by atoms with Crippen molar-refractivity contribution in [1.29, 1.82) is 0 Å². The number of rotatable bonds is 14. The zero-order valence-electron chi connectivity index (χ0n) is 38.7. The summed E-state index contributed by atoms with van der Waals surface area (Å²) in [6, 6.07) is 36.0. The Morgan fingerprint density at radius 1 is 0.485 bits per heavy atom. The summed E-state index contributed by atoms with van der Waals surface area (Å²) >= 11 is 0. The SMILES string of the molecule is COc1c(-c2ccccc2)cc2c(cc[n+]3cc4c(OC)c(CO)c(CO)cc4cc23)c1OC.COc1cc(Cc2nccc3c(OC)c(OC)c(-c4ccccc4)cc23)cc(CO)c1CO.[Cl-]. The Hall–Kier alpha value is -7.19. The number of hydrogen-bond acceptors (Lipinski definition) is 11. The lowest BCUT2D eigenvalue weighted by atomic mass is 9.95. The van der Waals surface area contributed by atoms with Crippen molar-refractivity contribution in [3.63, 3.8) is 0 Å². The van der Waals surface area contributed by atoms with Gasteiger partial charge >= 0.3 is 0 Å². The van der Waals surface area contributed by atoms with Crippen LogP contribution in [0.2, 0.25) is 0 Å².